The van der Waals surface area contributed by atoms with E-state index in [4.69, 9.17) is 4.74 Å². The molecule has 4 aliphatic rings. The quantitative estimate of drug-likeness (QED) is 0.635. The Morgan fingerprint density at radius 3 is 1.44 bits per heavy atom. The van der Waals surface area contributed by atoms with Gasteiger partial charge in [-0.3, -0.25) is 0 Å². The Kier molecular flexibility index (Phi) is 1.84. The molecule has 80 valence electrons. The van der Waals surface area contributed by atoms with E-state index < -0.39 is 0 Å². The molecule has 6 rings (SSSR count). The van der Waals surface area contributed by atoms with Gasteiger partial charge in [0.2, 0.25) is 0 Å². The van der Waals surface area contributed by atoms with Gasteiger partial charge < -0.3 is 4.74 Å². The van der Waals surface area contributed by atoms with Crippen molar-refractivity contribution >= 4 is 0 Å². The second-order valence-corrected chi connectivity index (χ2v) is 4.78. The van der Waals surface area contributed by atoms with E-state index in [1.807, 2.05) is 24.3 Å². The van der Waals surface area contributed by atoms with E-state index in [0.29, 0.717) is 0 Å². The van der Waals surface area contributed by atoms with Gasteiger partial charge in [-0.2, -0.15) is 0 Å². The topological polar surface area (TPSA) is 9.23 Å². The lowest BCUT2D eigenvalue weighted by Gasteiger charge is -2.27. The van der Waals surface area contributed by atoms with Crippen LogP contribution in [0, 0.1) is 0 Å². The van der Waals surface area contributed by atoms with Gasteiger partial charge in [-0.25, -0.2) is 0 Å². The van der Waals surface area contributed by atoms with Crippen molar-refractivity contribution in [2.75, 3.05) is 0 Å². The van der Waals surface area contributed by atoms with Crippen LogP contribution in [0.25, 0.3) is 0 Å². The standard InChI is InChI=1S/C15H14O/c1-15(2)11-3-7-13(8-4-11)16-14-9-5-12(15)6-10-14/h3-10H,1-2H3. The molecule has 2 aromatic rings. The van der Waals surface area contributed by atoms with Crippen LogP contribution in [0.4, 0.5) is 0 Å². The fraction of sp³-hybridized carbons (Fsp3) is 0.200. The van der Waals surface area contributed by atoms with Crippen molar-refractivity contribution in [1.82, 2.24) is 0 Å². The first-order chi connectivity index (χ1) is 7.66. The average Bonchev–Trinajstić information content (AvgIpc) is 2.30. The maximum Gasteiger partial charge on any atom is 0.127 e. The zero-order chi connectivity index (χ0) is 11.2. The first-order valence-corrected chi connectivity index (χ1v) is 5.55. The first-order valence-electron chi connectivity index (χ1n) is 5.55. The fourth-order valence-electron chi connectivity index (χ4n) is 2.18. The Bertz CT molecular complexity index is 459. The molecule has 0 saturated heterocycles. The summed E-state index contributed by atoms with van der Waals surface area (Å²) in [6.45, 7) is 4.50. The summed E-state index contributed by atoms with van der Waals surface area (Å²) in [5, 5.41) is 0. The third-order valence-electron chi connectivity index (χ3n) is 3.39. The number of rotatable bonds is 0. The third-order valence-corrected chi connectivity index (χ3v) is 3.39. The second-order valence-electron chi connectivity index (χ2n) is 4.78. The number of hydrogen-bond acceptors (Lipinski definition) is 1. The van der Waals surface area contributed by atoms with Crippen LogP contribution in [0.15, 0.2) is 48.5 Å². The first kappa shape index (κ1) is 9.46. The van der Waals surface area contributed by atoms with Crippen LogP contribution in [0.2, 0.25) is 0 Å². The molecule has 0 aromatic heterocycles. The highest BCUT2D eigenvalue weighted by Crippen LogP contribution is 2.35. The van der Waals surface area contributed by atoms with Crippen LogP contribution in [-0.2, 0) is 5.41 Å². The lowest BCUT2D eigenvalue weighted by Crippen LogP contribution is -2.19. The van der Waals surface area contributed by atoms with Crippen LogP contribution in [-0.4, -0.2) is 0 Å². The smallest absolute Gasteiger partial charge is 0.127 e. The summed E-state index contributed by atoms with van der Waals surface area (Å²) in [6, 6.07) is 16.7. The maximum atomic E-state index is 5.73. The molecular weight excluding hydrogens is 196 g/mol. The second kappa shape index (κ2) is 3.11. The summed E-state index contributed by atoms with van der Waals surface area (Å²) in [5.74, 6) is 1.79. The monoisotopic (exact) mass is 210 g/mol. The van der Waals surface area contributed by atoms with Gasteiger partial charge in [-0.1, -0.05) is 38.1 Å². The van der Waals surface area contributed by atoms with Gasteiger partial charge in [0, 0.05) is 5.41 Å². The van der Waals surface area contributed by atoms with Crippen LogP contribution in [0.1, 0.15) is 25.0 Å². The van der Waals surface area contributed by atoms with Crippen molar-refractivity contribution in [1.29, 1.82) is 0 Å². The normalized spacial score (nSPS) is 15.9. The molecule has 0 radical (unpaired) electrons. The summed E-state index contributed by atoms with van der Waals surface area (Å²) < 4.78 is 5.73. The van der Waals surface area contributed by atoms with Crippen LogP contribution in [0.3, 0.4) is 0 Å². The SMILES string of the molecule is CC1(C)c2ccc(cc2)Oc2ccc1cc2. The van der Waals surface area contributed by atoms with Crippen molar-refractivity contribution in [3.05, 3.63) is 59.7 Å². The van der Waals surface area contributed by atoms with Crippen LogP contribution < -0.4 is 4.74 Å². The van der Waals surface area contributed by atoms with Crippen molar-refractivity contribution in [3.8, 4) is 11.5 Å². The summed E-state index contributed by atoms with van der Waals surface area (Å²) in [5.41, 5.74) is 2.68. The van der Waals surface area contributed by atoms with Crippen molar-refractivity contribution in [2.24, 2.45) is 0 Å². The number of benzene rings is 2. The molecule has 4 bridgehead atoms. The Morgan fingerprint density at radius 2 is 1.06 bits per heavy atom. The van der Waals surface area contributed by atoms with Gasteiger partial charge in [0.1, 0.15) is 11.5 Å². The lowest BCUT2D eigenvalue weighted by atomic mass is 9.78. The van der Waals surface area contributed by atoms with E-state index in [1.165, 1.54) is 11.1 Å². The minimum absolute atomic E-state index is 0.0500. The van der Waals surface area contributed by atoms with Gasteiger partial charge >= 0.3 is 0 Å². The zero-order valence-electron chi connectivity index (χ0n) is 9.53. The Balaban J connectivity index is 2.29. The van der Waals surface area contributed by atoms with E-state index in [-0.39, 0.29) is 5.41 Å². The molecule has 0 saturated carbocycles. The Morgan fingerprint density at radius 1 is 0.688 bits per heavy atom. The zero-order valence-corrected chi connectivity index (χ0v) is 9.53. The van der Waals surface area contributed by atoms with Crippen molar-refractivity contribution < 1.29 is 4.74 Å². The molecule has 1 nitrogen and oxygen atoms in total. The highest BCUT2D eigenvalue weighted by Gasteiger charge is 2.23. The molecular formula is C15H14O. The molecule has 0 aliphatic carbocycles. The number of hydrogen-bond donors (Lipinski definition) is 0. The van der Waals surface area contributed by atoms with Gasteiger partial charge in [0.05, 0.1) is 0 Å². The van der Waals surface area contributed by atoms with E-state index in [9.17, 15) is 0 Å². The van der Waals surface area contributed by atoms with Crippen LogP contribution in [0.5, 0.6) is 11.5 Å². The predicted octanol–water partition coefficient (Wildman–Crippen LogP) is 4.12. The van der Waals surface area contributed by atoms with Gasteiger partial charge in [0.15, 0.2) is 0 Å². The molecule has 4 aliphatic heterocycles. The Hall–Kier alpha value is -1.76. The largest absolute Gasteiger partial charge is 0.457 e. The molecule has 0 N–H and O–H groups in total. The molecule has 1 heteroatoms. The predicted molar refractivity (Wildman–Crippen MR) is 65.1 cm³/mol. The molecule has 0 fully saturated rings. The molecule has 16 heavy (non-hydrogen) atoms. The van der Waals surface area contributed by atoms with Gasteiger partial charge in [-0.15, -0.1) is 0 Å². The molecule has 0 spiro atoms. The van der Waals surface area contributed by atoms with Crippen molar-refractivity contribution in [3.63, 3.8) is 0 Å². The fourth-order valence-corrected chi connectivity index (χ4v) is 2.18. The molecule has 0 amide bonds. The molecule has 4 heterocycles. The Labute approximate surface area is 95.7 Å². The van der Waals surface area contributed by atoms with Gasteiger partial charge in [0.25, 0.3) is 0 Å². The van der Waals surface area contributed by atoms with Gasteiger partial charge in [-0.05, 0) is 35.4 Å². The highest BCUT2D eigenvalue weighted by molar-refractivity contribution is 5.44. The summed E-state index contributed by atoms with van der Waals surface area (Å²) in [7, 11) is 0. The third kappa shape index (κ3) is 1.32. The van der Waals surface area contributed by atoms with E-state index >= 15 is 0 Å². The lowest BCUT2D eigenvalue weighted by molar-refractivity contribution is 0.479. The number of ether oxygens (including phenoxy) is 1. The molecule has 2 aromatic carbocycles. The highest BCUT2D eigenvalue weighted by atomic mass is 16.5. The van der Waals surface area contributed by atoms with E-state index in [1.54, 1.807) is 0 Å². The summed E-state index contributed by atoms with van der Waals surface area (Å²) >= 11 is 0. The summed E-state index contributed by atoms with van der Waals surface area (Å²) in [4.78, 5) is 0. The van der Waals surface area contributed by atoms with Crippen LogP contribution >= 0.6 is 0 Å². The molecule has 0 unspecified atom stereocenters. The van der Waals surface area contributed by atoms with Crippen molar-refractivity contribution in [2.45, 2.75) is 19.3 Å². The summed E-state index contributed by atoms with van der Waals surface area (Å²) in [6.07, 6.45) is 0. The minimum Gasteiger partial charge on any atom is -0.457 e. The van der Waals surface area contributed by atoms with E-state index in [2.05, 4.69) is 38.1 Å². The molecule has 0 atom stereocenters. The minimum atomic E-state index is 0.0500. The van der Waals surface area contributed by atoms with E-state index in [0.717, 1.165) is 11.5 Å². The maximum absolute atomic E-state index is 5.73. The average molecular weight is 210 g/mol.